The summed E-state index contributed by atoms with van der Waals surface area (Å²) in [6.45, 7) is 4.24. The van der Waals surface area contributed by atoms with Gasteiger partial charge in [-0.1, -0.05) is 0 Å². The molecular formula is C9H18N2O. The van der Waals surface area contributed by atoms with E-state index in [2.05, 4.69) is 4.90 Å². The summed E-state index contributed by atoms with van der Waals surface area (Å²) in [6.07, 6.45) is 3.54. The van der Waals surface area contributed by atoms with Crippen LogP contribution in [0.5, 0.6) is 0 Å². The van der Waals surface area contributed by atoms with Crippen LogP contribution in [0.25, 0.3) is 0 Å². The van der Waals surface area contributed by atoms with Crippen molar-refractivity contribution in [3.63, 3.8) is 0 Å². The van der Waals surface area contributed by atoms with E-state index in [1.807, 2.05) is 0 Å². The lowest BCUT2D eigenvalue weighted by Gasteiger charge is -2.33. The minimum Gasteiger partial charge on any atom is -0.380 e. The first-order chi connectivity index (χ1) is 5.86. The number of ether oxygens (including phenoxy) is 1. The molecule has 2 heterocycles. The molecule has 0 aromatic rings. The van der Waals surface area contributed by atoms with Crippen LogP contribution in [0.4, 0.5) is 0 Å². The SMILES string of the molecule is NC1CCN([C@H]2CCOC2)CC1. The van der Waals surface area contributed by atoms with E-state index in [1.54, 1.807) is 0 Å². The van der Waals surface area contributed by atoms with Crippen LogP contribution in [0, 0.1) is 0 Å². The minimum absolute atomic E-state index is 0.448. The molecule has 0 saturated carbocycles. The molecule has 0 amide bonds. The Kier molecular flexibility index (Phi) is 2.63. The Labute approximate surface area is 73.9 Å². The zero-order valence-corrected chi connectivity index (χ0v) is 7.54. The Hall–Kier alpha value is -0.120. The molecule has 2 aliphatic heterocycles. The van der Waals surface area contributed by atoms with Gasteiger partial charge in [-0.25, -0.2) is 0 Å². The summed E-state index contributed by atoms with van der Waals surface area (Å²) < 4.78 is 5.36. The normalized spacial score (nSPS) is 34.2. The second-order valence-electron chi connectivity index (χ2n) is 3.89. The Bertz CT molecular complexity index is 137. The molecule has 2 N–H and O–H groups in total. The average Bonchev–Trinajstić information content (AvgIpc) is 2.58. The van der Waals surface area contributed by atoms with Crippen molar-refractivity contribution in [3.05, 3.63) is 0 Å². The standard InChI is InChI=1S/C9H18N2O/c10-8-1-4-11(5-2-8)9-3-6-12-7-9/h8-9H,1-7,10H2/t9-/m0/s1. The van der Waals surface area contributed by atoms with E-state index < -0.39 is 0 Å². The maximum atomic E-state index is 5.84. The first-order valence-corrected chi connectivity index (χ1v) is 4.93. The number of piperidine rings is 1. The molecule has 0 spiro atoms. The van der Waals surface area contributed by atoms with Crippen LogP contribution >= 0.6 is 0 Å². The molecule has 0 aromatic heterocycles. The molecule has 0 unspecified atom stereocenters. The van der Waals surface area contributed by atoms with Gasteiger partial charge in [-0.3, -0.25) is 4.90 Å². The highest BCUT2D eigenvalue weighted by molar-refractivity contribution is 4.81. The number of nitrogens with zero attached hydrogens (tertiary/aromatic N) is 1. The van der Waals surface area contributed by atoms with E-state index in [0.29, 0.717) is 12.1 Å². The van der Waals surface area contributed by atoms with Crippen LogP contribution in [0.15, 0.2) is 0 Å². The molecule has 0 bridgehead atoms. The van der Waals surface area contributed by atoms with Crippen molar-refractivity contribution < 1.29 is 4.74 Å². The average molecular weight is 170 g/mol. The van der Waals surface area contributed by atoms with Crippen molar-refractivity contribution in [1.82, 2.24) is 4.90 Å². The second-order valence-corrected chi connectivity index (χ2v) is 3.89. The molecule has 0 aromatic carbocycles. The molecular weight excluding hydrogens is 152 g/mol. The summed E-state index contributed by atoms with van der Waals surface area (Å²) in [5.41, 5.74) is 5.84. The van der Waals surface area contributed by atoms with Gasteiger partial charge in [0.05, 0.1) is 6.61 Å². The van der Waals surface area contributed by atoms with Gasteiger partial charge < -0.3 is 10.5 Å². The summed E-state index contributed by atoms with van der Waals surface area (Å²) in [6, 6.07) is 1.14. The molecule has 2 aliphatic rings. The van der Waals surface area contributed by atoms with Crippen molar-refractivity contribution in [2.24, 2.45) is 5.73 Å². The first-order valence-electron chi connectivity index (χ1n) is 4.93. The molecule has 0 aliphatic carbocycles. The van der Waals surface area contributed by atoms with E-state index in [9.17, 15) is 0 Å². The maximum absolute atomic E-state index is 5.84. The predicted molar refractivity (Wildman–Crippen MR) is 48.0 cm³/mol. The zero-order valence-electron chi connectivity index (χ0n) is 7.54. The third kappa shape index (κ3) is 1.79. The van der Waals surface area contributed by atoms with Gasteiger partial charge in [0.25, 0.3) is 0 Å². The molecule has 3 heteroatoms. The molecule has 1 atom stereocenters. The molecule has 0 radical (unpaired) electrons. The lowest BCUT2D eigenvalue weighted by molar-refractivity contribution is 0.122. The van der Waals surface area contributed by atoms with Crippen molar-refractivity contribution in [2.45, 2.75) is 31.3 Å². The van der Waals surface area contributed by atoms with Crippen LogP contribution in [0.3, 0.4) is 0 Å². The van der Waals surface area contributed by atoms with Gasteiger partial charge >= 0.3 is 0 Å². The summed E-state index contributed by atoms with van der Waals surface area (Å²) in [5.74, 6) is 0. The highest BCUT2D eigenvalue weighted by Gasteiger charge is 2.26. The molecule has 3 nitrogen and oxygen atoms in total. The Morgan fingerprint density at radius 3 is 2.50 bits per heavy atom. The fourth-order valence-electron chi connectivity index (χ4n) is 2.09. The van der Waals surface area contributed by atoms with Gasteiger partial charge in [0.15, 0.2) is 0 Å². The lowest BCUT2D eigenvalue weighted by atomic mass is 10.0. The summed E-state index contributed by atoms with van der Waals surface area (Å²) in [4.78, 5) is 2.54. The summed E-state index contributed by atoms with van der Waals surface area (Å²) in [7, 11) is 0. The summed E-state index contributed by atoms with van der Waals surface area (Å²) in [5, 5.41) is 0. The van der Waals surface area contributed by atoms with Crippen molar-refractivity contribution in [2.75, 3.05) is 26.3 Å². The van der Waals surface area contributed by atoms with E-state index >= 15 is 0 Å². The van der Waals surface area contributed by atoms with Crippen LogP contribution in [0.1, 0.15) is 19.3 Å². The van der Waals surface area contributed by atoms with Gasteiger partial charge in [0.1, 0.15) is 0 Å². The van der Waals surface area contributed by atoms with Crippen LogP contribution < -0.4 is 5.73 Å². The van der Waals surface area contributed by atoms with Gasteiger partial charge in [-0.05, 0) is 32.4 Å². The Balaban J connectivity index is 1.80. The topological polar surface area (TPSA) is 38.5 Å². The second kappa shape index (κ2) is 3.73. The fourth-order valence-corrected chi connectivity index (χ4v) is 2.09. The molecule has 2 fully saturated rings. The number of hydrogen-bond donors (Lipinski definition) is 1. The van der Waals surface area contributed by atoms with Gasteiger partial charge in [-0.15, -0.1) is 0 Å². The minimum atomic E-state index is 0.448. The van der Waals surface area contributed by atoms with Gasteiger partial charge in [-0.2, -0.15) is 0 Å². The molecule has 2 saturated heterocycles. The third-order valence-electron chi connectivity index (χ3n) is 3.00. The van der Waals surface area contributed by atoms with Gasteiger partial charge in [0, 0.05) is 18.7 Å². The van der Waals surface area contributed by atoms with Gasteiger partial charge in [0.2, 0.25) is 0 Å². The highest BCUT2D eigenvalue weighted by Crippen LogP contribution is 2.17. The Morgan fingerprint density at radius 2 is 1.92 bits per heavy atom. The van der Waals surface area contributed by atoms with E-state index in [1.165, 1.54) is 19.5 Å². The van der Waals surface area contributed by atoms with Crippen LogP contribution in [0.2, 0.25) is 0 Å². The zero-order chi connectivity index (χ0) is 8.39. The molecule has 2 rings (SSSR count). The lowest BCUT2D eigenvalue weighted by Crippen LogP contribution is -2.45. The molecule has 70 valence electrons. The Morgan fingerprint density at radius 1 is 1.17 bits per heavy atom. The van der Waals surface area contributed by atoms with Crippen molar-refractivity contribution >= 4 is 0 Å². The van der Waals surface area contributed by atoms with E-state index in [0.717, 1.165) is 26.1 Å². The fraction of sp³-hybridized carbons (Fsp3) is 1.00. The quantitative estimate of drug-likeness (QED) is 0.611. The molecule has 12 heavy (non-hydrogen) atoms. The third-order valence-corrected chi connectivity index (χ3v) is 3.00. The van der Waals surface area contributed by atoms with Crippen LogP contribution in [-0.2, 0) is 4.74 Å². The first kappa shape index (κ1) is 8.48. The van der Waals surface area contributed by atoms with Crippen molar-refractivity contribution in [3.8, 4) is 0 Å². The summed E-state index contributed by atoms with van der Waals surface area (Å²) >= 11 is 0. The predicted octanol–water partition coefficient (Wildman–Crippen LogP) is 0.198. The van der Waals surface area contributed by atoms with E-state index in [4.69, 9.17) is 10.5 Å². The largest absolute Gasteiger partial charge is 0.380 e. The number of hydrogen-bond acceptors (Lipinski definition) is 3. The maximum Gasteiger partial charge on any atom is 0.0622 e. The van der Waals surface area contributed by atoms with E-state index in [-0.39, 0.29) is 0 Å². The number of rotatable bonds is 1. The van der Waals surface area contributed by atoms with Crippen molar-refractivity contribution in [1.29, 1.82) is 0 Å². The number of likely N-dealkylation sites (tertiary alicyclic amines) is 1. The number of nitrogens with two attached hydrogens (primary N) is 1. The smallest absolute Gasteiger partial charge is 0.0622 e. The van der Waals surface area contributed by atoms with Crippen LogP contribution in [-0.4, -0.2) is 43.3 Å². The monoisotopic (exact) mass is 170 g/mol. The highest BCUT2D eigenvalue weighted by atomic mass is 16.5.